The number of aliphatic imine (C=N–C) groups is 1. The van der Waals surface area contributed by atoms with Crippen LogP contribution in [0.5, 0.6) is 0 Å². The van der Waals surface area contributed by atoms with E-state index in [0.29, 0.717) is 20.9 Å². The summed E-state index contributed by atoms with van der Waals surface area (Å²) < 4.78 is 0. The molecule has 122 valence electrons. The third kappa shape index (κ3) is 3.52. The molecule has 1 aliphatic rings. The highest BCUT2D eigenvalue weighted by Crippen LogP contribution is 2.34. The number of pyridine rings is 1. The predicted molar refractivity (Wildman–Crippen MR) is 101 cm³/mol. The molecule has 1 aromatic heterocycles. The lowest BCUT2D eigenvalue weighted by atomic mass is 10.1. The lowest BCUT2D eigenvalue weighted by Gasteiger charge is -2.07. The average Bonchev–Trinajstić information content (AvgIpc) is 2.86. The van der Waals surface area contributed by atoms with Crippen LogP contribution in [0.3, 0.4) is 0 Å². The van der Waals surface area contributed by atoms with Gasteiger partial charge in [0.05, 0.1) is 4.91 Å². The fourth-order valence-electron chi connectivity index (χ4n) is 2.22. The molecular weight excluding hydrogens is 342 g/mol. The van der Waals surface area contributed by atoms with Crippen molar-refractivity contribution in [1.82, 2.24) is 9.88 Å². The molecule has 0 N–H and O–H groups in total. The van der Waals surface area contributed by atoms with E-state index in [-0.39, 0.29) is 5.91 Å². The molecule has 0 unspecified atom stereocenters. The van der Waals surface area contributed by atoms with E-state index in [0.717, 1.165) is 12.0 Å². The Morgan fingerprint density at radius 3 is 2.71 bits per heavy atom. The smallest absolute Gasteiger partial charge is 0.266 e. The number of nitrogens with zero attached hydrogens (tertiary/aromatic N) is 3. The van der Waals surface area contributed by atoms with E-state index in [1.807, 2.05) is 18.2 Å². The van der Waals surface area contributed by atoms with E-state index in [2.05, 4.69) is 29.0 Å². The largest absolute Gasteiger partial charge is 0.290 e. The summed E-state index contributed by atoms with van der Waals surface area (Å²) in [4.78, 5) is 23.1. The van der Waals surface area contributed by atoms with E-state index in [9.17, 15) is 4.79 Å². The van der Waals surface area contributed by atoms with Gasteiger partial charge in [0.25, 0.3) is 5.91 Å². The Morgan fingerprint density at radius 1 is 1.29 bits per heavy atom. The molecule has 0 radical (unpaired) electrons. The molecule has 1 fully saturated rings. The zero-order valence-corrected chi connectivity index (χ0v) is 14.9. The molecule has 0 aliphatic carbocycles. The first-order valence-electron chi connectivity index (χ1n) is 7.54. The minimum atomic E-state index is -0.0710. The monoisotopic (exact) mass is 357 g/mol. The average molecular weight is 358 g/mol. The third-order valence-corrected chi connectivity index (χ3v) is 5.00. The first-order valence-corrected chi connectivity index (χ1v) is 8.73. The van der Waals surface area contributed by atoms with Crippen LogP contribution in [0.2, 0.25) is 5.15 Å². The van der Waals surface area contributed by atoms with E-state index in [1.54, 1.807) is 25.4 Å². The minimum absolute atomic E-state index is 0.0710. The molecule has 24 heavy (non-hydrogen) atoms. The Hall–Kier alpha value is -2.11. The number of aromatic nitrogens is 1. The quantitative estimate of drug-likeness (QED) is 0.598. The van der Waals surface area contributed by atoms with E-state index >= 15 is 0 Å². The van der Waals surface area contributed by atoms with Gasteiger partial charge in [0.15, 0.2) is 10.3 Å². The Balaban J connectivity index is 1.88. The molecule has 6 heteroatoms. The Bertz CT molecular complexity index is 830. The fraction of sp³-hybridized carbons (Fsp3) is 0.167. The lowest BCUT2D eigenvalue weighted by Crippen LogP contribution is -2.23. The number of carbonyl (C=O) groups excluding carboxylic acids is 1. The molecule has 2 aromatic rings. The summed E-state index contributed by atoms with van der Waals surface area (Å²) in [5, 5.41) is 0.908. The van der Waals surface area contributed by atoms with Gasteiger partial charge in [0.1, 0.15) is 5.69 Å². The van der Waals surface area contributed by atoms with Gasteiger partial charge in [-0.3, -0.25) is 9.69 Å². The highest BCUT2D eigenvalue weighted by Gasteiger charge is 2.30. The highest BCUT2D eigenvalue weighted by molar-refractivity contribution is 8.18. The first-order chi connectivity index (χ1) is 11.6. The SMILES string of the molecule is CCc1ccc(/C=C2\SC(=Nc3cccnc3Cl)N(C)C2=O)cc1. The first kappa shape index (κ1) is 16.7. The van der Waals surface area contributed by atoms with Crippen LogP contribution in [0, 0.1) is 0 Å². The maximum Gasteiger partial charge on any atom is 0.266 e. The van der Waals surface area contributed by atoms with Crippen molar-refractivity contribution in [1.29, 1.82) is 0 Å². The summed E-state index contributed by atoms with van der Waals surface area (Å²) in [6, 6.07) is 11.7. The van der Waals surface area contributed by atoms with Crippen LogP contribution in [0.1, 0.15) is 18.1 Å². The molecule has 4 nitrogen and oxygen atoms in total. The van der Waals surface area contributed by atoms with Crippen LogP contribution in [0.4, 0.5) is 5.69 Å². The van der Waals surface area contributed by atoms with Gasteiger partial charge in [-0.25, -0.2) is 9.98 Å². The maximum absolute atomic E-state index is 12.4. The van der Waals surface area contributed by atoms with Gasteiger partial charge in [-0.05, 0) is 47.5 Å². The normalized spacial score (nSPS) is 18.0. The van der Waals surface area contributed by atoms with Gasteiger partial charge in [-0.15, -0.1) is 0 Å². The summed E-state index contributed by atoms with van der Waals surface area (Å²) in [5.74, 6) is -0.0710. The summed E-state index contributed by atoms with van der Waals surface area (Å²) in [6.07, 6.45) is 4.49. The Kier molecular flexibility index (Phi) is 5.02. The van der Waals surface area contributed by atoms with Crippen molar-refractivity contribution in [2.75, 3.05) is 7.05 Å². The molecule has 0 bridgehead atoms. The molecule has 1 amide bonds. The second kappa shape index (κ2) is 7.20. The number of amides is 1. The topological polar surface area (TPSA) is 45.6 Å². The second-order valence-electron chi connectivity index (χ2n) is 5.28. The summed E-state index contributed by atoms with van der Waals surface area (Å²) in [7, 11) is 1.71. The molecule has 1 aromatic carbocycles. The molecular formula is C18H16ClN3OS. The number of thioether (sulfide) groups is 1. The number of amidine groups is 1. The van der Waals surface area contributed by atoms with Gasteiger partial charge in [0, 0.05) is 13.2 Å². The molecule has 3 rings (SSSR count). The van der Waals surface area contributed by atoms with Crippen LogP contribution < -0.4 is 0 Å². The zero-order chi connectivity index (χ0) is 17.1. The molecule has 0 atom stereocenters. The maximum atomic E-state index is 12.4. The van der Waals surface area contributed by atoms with Crippen LogP contribution in [-0.2, 0) is 11.2 Å². The number of halogens is 1. The fourth-order valence-corrected chi connectivity index (χ4v) is 3.36. The van der Waals surface area contributed by atoms with Crippen molar-refractivity contribution < 1.29 is 4.79 Å². The molecule has 0 saturated carbocycles. The van der Waals surface area contributed by atoms with Gasteiger partial charge < -0.3 is 0 Å². The van der Waals surface area contributed by atoms with Gasteiger partial charge in [-0.1, -0.05) is 42.8 Å². The second-order valence-corrected chi connectivity index (χ2v) is 6.64. The lowest BCUT2D eigenvalue weighted by molar-refractivity contribution is -0.121. The zero-order valence-electron chi connectivity index (χ0n) is 13.4. The molecule has 2 heterocycles. The number of hydrogen-bond acceptors (Lipinski definition) is 4. The van der Waals surface area contributed by atoms with Crippen molar-refractivity contribution in [3.05, 3.63) is 63.8 Å². The standard InChI is InChI=1S/C18H16ClN3OS/c1-3-12-6-8-13(9-7-12)11-15-17(23)22(2)18(24-15)21-14-5-4-10-20-16(14)19/h4-11H,3H2,1-2H3/b15-11-,21-18?. The van der Waals surface area contributed by atoms with Gasteiger partial charge in [0.2, 0.25) is 0 Å². The van der Waals surface area contributed by atoms with E-state index in [1.165, 1.54) is 22.2 Å². The predicted octanol–water partition coefficient (Wildman–Crippen LogP) is 4.53. The third-order valence-electron chi connectivity index (χ3n) is 3.64. The Labute approximate surface area is 150 Å². The number of carbonyl (C=O) groups is 1. The minimum Gasteiger partial charge on any atom is -0.290 e. The molecule has 0 spiro atoms. The molecule has 1 aliphatic heterocycles. The van der Waals surface area contributed by atoms with Crippen LogP contribution >= 0.6 is 23.4 Å². The van der Waals surface area contributed by atoms with Crippen LogP contribution in [0.25, 0.3) is 6.08 Å². The number of hydrogen-bond donors (Lipinski definition) is 0. The highest BCUT2D eigenvalue weighted by atomic mass is 35.5. The summed E-state index contributed by atoms with van der Waals surface area (Å²) >= 11 is 7.37. The Morgan fingerprint density at radius 2 is 2.04 bits per heavy atom. The van der Waals surface area contributed by atoms with E-state index < -0.39 is 0 Å². The summed E-state index contributed by atoms with van der Waals surface area (Å²) in [5.41, 5.74) is 2.82. The summed E-state index contributed by atoms with van der Waals surface area (Å²) in [6.45, 7) is 2.12. The van der Waals surface area contributed by atoms with Gasteiger partial charge in [-0.2, -0.15) is 0 Å². The van der Waals surface area contributed by atoms with Crippen molar-refractivity contribution in [3.63, 3.8) is 0 Å². The molecule has 1 saturated heterocycles. The van der Waals surface area contributed by atoms with Crippen molar-refractivity contribution >= 4 is 46.2 Å². The van der Waals surface area contributed by atoms with Crippen LogP contribution in [0.15, 0.2) is 52.5 Å². The number of aryl methyl sites for hydroxylation is 1. The van der Waals surface area contributed by atoms with Crippen molar-refractivity contribution in [2.45, 2.75) is 13.3 Å². The number of likely N-dealkylation sites (N-methyl/N-ethyl adjacent to an activating group) is 1. The van der Waals surface area contributed by atoms with Gasteiger partial charge >= 0.3 is 0 Å². The van der Waals surface area contributed by atoms with Crippen molar-refractivity contribution in [3.8, 4) is 0 Å². The van der Waals surface area contributed by atoms with Crippen molar-refractivity contribution in [2.24, 2.45) is 4.99 Å². The number of benzene rings is 1. The number of rotatable bonds is 3. The van der Waals surface area contributed by atoms with Crippen LogP contribution in [-0.4, -0.2) is 28.0 Å². The van der Waals surface area contributed by atoms with E-state index in [4.69, 9.17) is 11.6 Å².